The second-order valence-corrected chi connectivity index (χ2v) is 10.1. The van der Waals surface area contributed by atoms with Gasteiger partial charge in [0.25, 0.3) is 0 Å². The molecule has 0 bridgehead atoms. The molecule has 2 unspecified atom stereocenters. The summed E-state index contributed by atoms with van der Waals surface area (Å²) in [6.45, 7) is 9.46. The Morgan fingerprint density at radius 3 is 2.10 bits per heavy atom. The molecule has 39 heavy (non-hydrogen) atoms. The second-order valence-electron chi connectivity index (χ2n) is 10.1. The van der Waals surface area contributed by atoms with Crippen LogP contribution in [0.1, 0.15) is 64.6 Å². The largest absolute Gasteiger partial charge is 0.466 e. The lowest BCUT2D eigenvalue weighted by molar-refractivity contribution is -0.144. The van der Waals surface area contributed by atoms with Crippen molar-refractivity contribution in [1.29, 1.82) is 0 Å². The molecule has 0 fully saturated rings. The van der Waals surface area contributed by atoms with E-state index in [9.17, 15) is 19.2 Å². The van der Waals surface area contributed by atoms with E-state index in [0.717, 1.165) is 5.56 Å². The van der Waals surface area contributed by atoms with Crippen LogP contribution in [0.3, 0.4) is 0 Å². The van der Waals surface area contributed by atoms with Gasteiger partial charge in [-0.2, -0.15) is 0 Å². The van der Waals surface area contributed by atoms with Gasteiger partial charge in [0.15, 0.2) is 0 Å². The van der Waals surface area contributed by atoms with Gasteiger partial charge in [-0.15, -0.1) is 0 Å². The number of nitrogens with one attached hydrogen (secondary N) is 2. The van der Waals surface area contributed by atoms with Gasteiger partial charge >= 0.3 is 12.1 Å². The smallest absolute Gasteiger partial charge is 0.408 e. The van der Waals surface area contributed by atoms with Gasteiger partial charge < -0.3 is 25.0 Å². The fourth-order valence-corrected chi connectivity index (χ4v) is 4.03. The highest BCUT2D eigenvalue weighted by Gasteiger charge is 2.36. The predicted octanol–water partition coefficient (Wildman–Crippen LogP) is 4.17. The van der Waals surface area contributed by atoms with Crippen molar-refractivity contribution in [3.05, 3.63) is 71.8 Å². The number of rotatable bonds is 13. The number of hydrogen-bond donors (Lipinski definition) is 2. The lowest BCUT2D eigenvalue weighted by Crippen LogP contribution is -2.54. The average Bonchev–Trinajstić information content (AvgIpc) is 2.88. The van der Waals surface area contributed by atoms with E-state index in [1.807, 2.05) is 43.3 Å². The van der Waals surface area contributed by atoms with Gasteiger partial charge in [0, 0.05) is 19.5 Å². The molecule has 2 atom stereocenters. The first-order valence-corrected chi connectivity index (χ1v) is 13.4. The minimum Gasteiger partial charge on any atom is -0.466 e. The van der Waals surface area contributed by atoms with E-state index < -0.39 is 41.6 Å². The summed E-state index contributed by atoms with van der Waals surface area (Å²) in [5.74, 6) is -1.26. The molecule has 212 valence electrons. The van der Waals surface area contributed by atoms with Crippen LogP contribution in [0.4, 0.5) is 4.79 Å². The summed E-state index contributed by atoms with van der Waals surface area (Å²) in [5.41, 5.74) is 0.709. The van der Waals surface area contributed by atoms with E-state index in [1.165, 1.54) is 4.90 Å². The van der Waals surface area contributed by atoms with Gasteiger partial charge in [-0.25, -0.2) is 4.79 Å². The zero-order chi connectivity index (χ0) is 28.8. The molecule has 0 heterocycles. The molecule has 2 rings (SSSR count). The molecule has 0 aliphatic rings. The van der Waals surface area contributed by atoms with Crippen LogP contribution >= 0.6 is 0 Å². The number of ether oxygens (including phenoxy) is 2. The lowest BCUT2D eigenvalue weighted by Gasteiger charge is -2.34. The van der Waals surface area contributed by atoms with Crippen LogP contribution in [0.2, 0.25) is 0 Å². The summed E-state index contributed by atoms with van der Waals surface area (Å²) in [4.78, 5) is 53.7. The first-order chi connectivity index (χ1) is 18.6. The summed E-state index contributed by atoms with van der Waals surface area (Å²) in [6, 6.07) is 16.4. The minimum atomic E-state index is -0.979. The third-order valence-electron chi connectivity index (χ3n) is 5.63. The first kappa shape index (κ1) is 31.3. The van der Waals surface area contributed by atoms with Gasteiger partial charge in [0.05, 0.1) is 13.0 Å². The Kier molecular flexibility index (Phi) is 12.5. The Balaban J connectivity index is 2.40. The summed E-state index contributed by atoms with van der Waals surface area (Å²) in [6.07, 6.45) is 0.0869. The Morgan fingerprint density at radius 2 is 1.54 bits per heavy atom. The Labute approximate surface area is 231 Å². The molecule has 0 radical (unpaired) electrons. The summed E-state index contributed by atoms with van der Waals surface area (Å²) in [7, 11) is 0. The maximum Gasteiger partial charge on any atom is 0.408 e. The molecule has 0 saturated heterocycles. The lowest BCUT2D eigenvalue weighted by atomic mass is 10.00. The van der Waals surface area contributed by atoms with Crippen molar-refractivity contribution in [3.8, 4) is 0 Å². The third-order valence-corrected chi connectivity index (χ3v) is 5.63. The Bertz CT molecular complexity index is 1070. The number of esters is 1. The van der Waals surface area contributed by atoms with Gasteiger partial charge in [-0.1, -0.05) is 67.6 Å². The Hall–Kier alpha value is -3.88. The van der Waals surface area contributed by atoms with Crippen LogP contribution in [-0.4, -0.2) is 60.1 Å². The zero-order valence-electron chi connectivity index (χ0n) is 23.6. The molecule has 2 N–H and O–H groups in total. The third kappa shape index (κ3) is 10.8. The topological polar surface area (TPSA) is 114 Å². The standard InChI is InChI=1S/C30H41N3O6/c1-6-20-33(26(23-16-12-9-13-17-23)27(35)31-19-18-25(34)38-7-2)28(36)24(21-22-14-10-8-11-15-22)32-29(37)39-30(3,4)5/h8-17,24,26H,6-7,18-21H2,1-5H3,(H,31,35)(H,32,37). The van der Waals surface area contributed by atoms with E-state index in [4.69, 9.17) is 9.47 Å². The van der Waals surface area contributed by atoms with Crippen LogP contribution in [0.5, 0.6) is 0 Å². The number of carbonyl (C=O) groups excluding carboxylic acids is 4. The fraction of sp³-hybridized carbons (Fsp3) is 0.467. The summed E-state index contributed by atoms with van der Waals surface area (Å²) < 4.78 is 10.4. The van der Waals surface area contributed by atoms with Crippen LogP contribution in [0.15, 0.2) is 60.7 Å². The van der Waals surface area contributed by atoms with Crippen molar-refractivity contribution in [2.75, 3.05) is 19.7 Å². The van der Waals surface area contributed by atoms with E-state index in [2.05, 4.69) is 10.6 Å². The van der Waals surface area contributed by atoms with Gasteiger partial charge in [-0.3, -0.25) is 14.4 Å². The number of nitrogens with zero attached hydrogens (tertiary/aromatic N) is 1. The molecular weight excluding hydrogens is 498 g/mol. The molecular formula is C30H41N3O6. The summed E-state index contributed by atoms with van der Waals surface area (Å²) >= 11 is 0. The van der Waals surface area contributed by atoms with E-state index in [0.29, 0.717) is 12.0 Å². The quantitative estimate of drug-likeness (QED) is 0.369. The fourth-order valence-electron chi connectivity index (χ4n) is 4.03. The number of benzene rings is 2. The molecule has 2 aromatic carbocycles. The highest BCUT2D eigenvalue weighted by molar-refractivity contribution is 5.92. The first-order valence-electron chi connectivity index (χ1n) is 13.4. The molecule has 0 spiro atoms. The number of alkyl carbamates (subject to hydrolysis) is 1. The van der Waals surface area contributed by atoms with Crippen LogP contribution < -0.4 is 10.6 Å². The molecule has 9 heteroatoms. The maximum absolute atomic E-state index is 14.1. The highest BCUT2D eigenvalue weighted by Crippen LogP contribution is 2.24. The normalized spacial score (nSPS) is 12.5. The monoisotopic (exact) mass is 539 g/mol. The van der Waals surface area contributed by atoms with Gasteiger partial charge in [0.1, 0.15) is 17.7 Å². The number of hydrogen-bond acceptors (Lipinski definition) is 6. The van der Waals surface area contributed by atoms with E-state index >= 15 is 0 Å². The number of carbonyl (C=O) groups is 4. The molecule has 9 nitrogen and oxygen atoms in total. The average molecular weight is 540 g/mol. The maximum atomic E-state index is 14.1. The van der Waals surface area contributed by atoms with Gasteiger partial charge in [0.2, 0.25) is 11.8 Å². The predicted molar refractivity (Wildman–Crippen MR) is 149 cm³/mol. The number of amides is 3. The van der Waals surface area contributed by atoms with Crippen molar-refractivity contribution >= 4 is 23.9 Å². The van der Waals surface area contributed by atoms with Crippen molar-refractivity contribution in [1.82, 2.24) is 15.5 Å². The van der Waals surface area contributed by atoms with Crippen molar-refractivity contribution < 1.29 is 28.7 Å². The molecule has 0 saturated carbocycles. The second kappa shape index (κ2) is 15.5. The van der Waals surface area contributed by atoms with Crippen molar-refractivity contribution in [2.24, 2.45) is 0 Å². The van der Waals surface area contributed by atoms with Crippen molar-refractivity contribution in [3.63, 3.8) is 0 Å². The van der Waals surface area contributed by atoms with Crippen molar-refractivity contribution in [2.45, 2.75) is 71.6 Å². The molecule has 0 aliphatic heterocycles. The van der Waals surface area contributed by atoms with Gasteiger partial charge in [-0.05, 0) is 45.2 Å². The van der Waals surface area contributed by atoms with E-state index in [-0.39, 0.29) is 32.5 Å². The molecule has 3 amide bonds. The molecule has 0 aliphatic carbocycles. The molecule has 0 aromatic heterocycles. The molecule has 2 aromatic rings. The Morgan fingerprint density at radius 1 is 0.923 bits per heavy atom. The van der Waals surface area contributed by atoms with Crippen LogP contribution in [0, 0.1) is 0 Å². The van der Waals surface area contributed by atoms with Crippen LogP contribution in [-0.2, 0) is 30.3 Å². The SMILES string of the molecule is CCCN(C(=O)C(Cc1ccccc1)NC(=O)OC(C)(C)C)C(C(=O)NCCC(=O)OCC)c1ccccc1. The summed E-state index contributed by atoms with van der Waals surface area (Å²) in [5, 5.41) is 5.51. The highest BCUT2D eigenvalue weighted by atomic mass is 16.6. The van der Waals surface area contributed by atoms with E-state index in [1.54, 1.807) is 52.0 Å². The zero-order valence-corrected chi connectivity index (χ0v) is 23.6. The minimum absolute atomic E-state index is 0.0135. The van der Waals surface area contributed by atoms with Crippen LogP contribution in [0.25, 0.3) is 0 Å².